The Labute approximate surface area is 130 Å². The maximum Gasteiger partial charge on any atom is 0.417 e. The predicted molar refractivity (Wildman–Crippen MR) is 80.1 cm³/mol. The summed E-state index contributed by atoms with van der Waals surface area (Å²) >= 11 is 2.87. The molecule has 0 saturated heterocycles. The molecule has 21 heavy (non-hydrogen) atoms. The fourth-order valence-electron chi connectivity index (χ4n) is 1.63. The molecule has 3 nitrogen and oxygen atoms in total. The van der Waals surface area contributed by atoms with Crippen LogP contribution in [-0.2, 0) is 11.0 Å². The standard InChI is InChI=1S/C14H18BrF3N2O/c1-8(12(21)20-13(2,3)4)19-9-5-6-11(15)10(7-9)14(16,17)18/h5-8,19H,1-4H3,(H,20,21). The maximum atomic E-state index is 12.8. The molecule has 1 aromatic carbocycles. The van der Waals surface area contributed by atoms with Gasteiger partial charge < -0.3 is 10.6 Å². The second-order valence-electron chi connectivity index (χ2n) is 5.80. The minimum Gasteiger partial charge on any atom is -0.374 e. The second kappa shape index (κ2) is 6.25. The highest BCUT2D eigenvalue weighted by molar-refractivity contribution is 9.10. The van der Waals surface area contributed by atoms with E-state index >= 15 is 0 Å². The van der Waals surface area contributed by atoms with Crippen molar-refractivity contribution < 1.29 is 18.0 Å². The number of carbonyl (C=O) groups is 1. The summed E-state index contributed by atoms with van der Waals surface area (Å²) in [5.74, 6) is -0.279. The zero-order valence-corrected chi connectivity index (χ0v) is 13.8. The number of anilines is 1. The highest BCUT2D eigenvalue weighted by Gasteiger charge is 2.33. The van der Waals surface area contributed by atoms with Crippen LogP contribution in [0.15, 0.2) is 22.7 Å². The molecule has 0 aliphatic carbocycles. The van der Waals surface area contributed by atoms with Crippen molar-refractivity contribution in [1.29, 1.82) is 0 Å². The number of rotatable bonds is 3. The Balaban J connectivity index is 2.87. The molecular formula is C14H18BrF3N2O. The first-order valence-corrected chi connectivity index (χ1v) is 7.15. The summed E-state index contributed by atoms with van der Waals surface area (Å²) < 4.78 is 38.4. The van der Waals surface area contributed by atoms with E-state index in [0.717, 1.165) is 6.07 Å². The molecular weight excluding hydrogens is 349 g/mol. The van der Waals surface area contributed by atoms with Crippen molar-refractivity contribution in [3.05, 3.63) is 28.2 Å². The Morgan fingerprint density at radius 1 is 1.24 bits per heavy atom. The number of hydrogen-bond acceptors (Lipinski definition) is 2. The molecule has 0 heterocycles. The molecule has 1 rings (SSSR count). The van der Waals surface area contributed by atoms with Crippen LogP contribution in [0, 0.1) is 0 Å². The largest absolute Gasteiger partial charge is 0.417 e. The number of carbonyl (C=O) groups excluding carboxylic acids is 1. The van der Waals surface area contributed by atoms with Gasteiger partial charge in [-0.25, -0.2) is 0 Å². The van der Waals surface area contributed by atoms with Gasteiger partial charge in [-0.1, -0.05) is 15.9 Å². The van der Waals surface area contributed by atoms with Crippen molar-refractivity contribution in [2.75, 3.05) is 5.32 Å². The second-order valence-corrected chi connectivity index (χ2v) is 6.65. The van der Waals surface area contributed by atoms with Crippen LogP contribution in [0.25, 0.3) is 0 Å². The minimum atomic E-state index is -4.45. The average Bonchev–Trinajstić information content (AvgIpc) is 2.27. The smallest absolute Gasteiger partial charge is 0.374 e. The van der Waals surface area contributed by atoms with E-state index in [9.17, 15) is 18.0 Å². The van der Waals surface area contributed by atoms with E-state index in [1.54, 1.807) is 6.92 Å². The molecule has 0 bridgehead atoms. The molecule has 0 aliphatic heterocycles. The van der Waals surface area contributed by atoms with Crippen LogP contribution in [0.4, 0.5) is 18.9 Å². The minimum absolute atomic E-state index is 0.0349. The third-order valence-corrected chi connectivity index (χ3v) is 3.24. The molecule has 0 aromatic heterocycles. The van der Waals surface area contributed by atoms with Gasteiger partial charge in [0.05, 0.1) is 5.56 Å². The molecule has 1 aromatic rings. The number of hydrogen-bond donors (Lipinski definition) is 2. The molecule has 0 spiro atoms. The lowest BCUT2D eigenvalue weighted by molar-refractivity contribution is -0.138. The summed E-state index contributed by atoms with van der Waals surface area (Å²) in [4.78, 5) is 11.9. The zero-order chi connectivity index (χ0) is 16.4. The number of alkyl halides is 3. The Kier molecular flexibility index (Phi) is 5.30. The van der Waals surface area contributed by atoms with Crippen LogP contribution < -0.4 is 10.6 Å². The summed E-state index contributed by atoms with van der Waals surface area (Å²) in [6.07, 6.45) is -4.45. The molecule has 118 valence electrons. The number of nitrogens with one attached hydrogen (secondary N) is 2. The van der Waals surface area contributed by atoms with Gasteiger partial charge in [0.25, 0.3) is 0 Å². The fourth-order valence-corrected chi connectivity index (χ4v) is 2.10. The Morgan fingerprint density at radius 3 is 2.29 bits per heavy atom. The van der Waals surface area contributed by atoms with E-state index in [0.29, 0.717) is 0 Å². The summed E-state index contributed by atoms with van der Waals surface area (Å²) in [5, 5.41) is 5.53. The Hall–Kier alpha value is -1.24. The fraction of sp³-hybridized carbons (Fsp3) is 0.500. The topological polar surface area (TPSA) is 41.1 Å². The monoisotopic (exact) mass is 366 g/mol. The number of halogens is 4. The molecule has 1 amide bonds. The van der Waals surface area contributed by atoms with Crippen LogP contribution in [-0.4, -0.2) is 17.5 Å². The molecule has 2 N–H and O–H groups in total. The number of benzene rings is 1. The third-order valence-electron chi connectivity index (χ3n) is 2.55. The van der Waals surface area contributed by atoms with E-state index in [1.807, 2.05) is 20.8 Å². The molecule has 0 fully saturated rings. The van der Waals surface area contributed by atoms with Gasteiger partial charge in [-0.3, -0.25) is 4.79 Å². The first-order valence-electron chi connectivity index (χ1n) is 6.35. The maximum absolute atomic E-state index is 12.8. The van der Waals surface area contributed by atoms with Gasteiger partial charge in [0.1, 0.15) is 6.04 Å². The van der Waals surface area contributed by atoms with Gasteiger partial charge >= 0.3 is 6.18 Å². The van der Waals surface area contributed by atoms with Gasteiger partial charge in [0, 0.05) is 15.7 Å². The van der Waals surface area contributed by atoms with Crippen molar-refractivity contribution in [1.82, 2.24) is 5.32 Å². The van der Waals surface area contributed by atoms with Crippen molar-refractivity contribution in [2.45, 2.75) is 45.5 Å². The van der Waals surface area contributed by atoms with Gasteiger partial charge in [-0.05, 0) is 45.9 Å². The summed E-state index contributed by atoms with van der Waals surface area (Å²) in [5.41, 5.74) is -0.942. The Morgan fingerprint density at radius 2 is 1.81 bits per heavy atom. The predicted octanol–water partition coefficient (Wildman–Crippen LogP) is 4.18. The quantitative estimate of drug-likeness (QED) is 0.842. The zero-order valence-electron chi connectivity index (χ0n) is 12.2. The molecule has 7 heteroatoms. The van der Waals surface area contributed by atoms with Crippen molar-refractivity contribution in [2.24, 2.45) is 0 Å². The Bertz CT molecular complexity index is 524. The molecule has 0 radical (unpaired) electrons. The van der Waals surface area contributed by atoms with Crippen LogP contribution in [0.2, 0.25) is 0 Å². The van der Waals surface area contributed by atoms with Crippen LogP contribution in [0.3, 0.4) is 0 Å². The average molecular weight is 367 g/mol. The summed E-state index contributed by atoms with van der Waals surface area (Å²) in [7, 11) is 0. The lowest BCUT2D eigenvalue weighted by Gasteiger charge is -2.24. The van der Waals surface area contributed by atoms with E-state index in [2.05, 4.69) is 26.6 Å². The van der Waals surface area contributed by atoms with Crippen molar-refractivity contribution in [3.8, 4) is 0 Å². The SMILES string of the molecule is CC(Nc1ccc(Br)c(C(F)(F)F)c1)C(=O)NC(C)(C)C. The van der Waals surface area contributed by atoms with E-state index in [-0.39, 0.29) is 16.1 Å². The van der Waals surface area contributed by atoms with Gasteiger partial charge in [-0.15, -0.1) is 0 Å². The van der Waals surface area contributed by atoms with E-state index in [4.69, 9.17) is 0 Å². The van der Waals surface area contributed by atoms with E-state index in [1.165, 1.54) is 12.1 Å². The third kappa shape index (κ3) is 5.57. The van der Waals surface area contributed by atoms with Crippen LogP contribution in [0.1, 0.15) is 33.3 Å². The molecule has 0 aliphatic rings. The summed E-state index contributed by atoms with van der Waals surface area (Å²) in [6.45, 7) is 7.09. The molecule has 1 unspecified atom stereocenters. The highest BCUT2D eigenvalue weighted by atomic mass is 79.9. The van der Waals surface area contributed by atoms with Gasteiger partial charge in [0.2, 0.25) is 5.91 Å². The van der Waals surface area contributed by atoms with Gasteiger partial charge in [-0.2, -0.15) is 13.2 Å². The van der Waals surface area contributed by atoms with E-state index < -0.39 is 23.3 Å². The molecule has 1 atom stereocenters. The first-order chi connectivity index (χ1) is 9.40. The number of amides is 1. The normalized spacial score (nSPS) is 13.7. The first kappa shape index (κ1) is 17.8. The highest BCUT2D eigenvalue weighted by Crippen LogP contribution is 2.36. The lowest BCUT2D eigenvalue weighted by atomic mass is 10.1. The van der Waals surface area contributed by atoms with Crippen molar-refractivity contribution >= 4 is 27.5 Å². The van der Waals surface area contributed by atoms with Crippen LogP contribution >= 0.6 is 15.9 Å². The lowest BCUT2D eigenvalue weighted by Crippen LogP contribution is -2.47. The van der Waals surface area contributed by atoms with Gasteiger partial charge in [0.15, 0.2) is 0 Å². The van der Waals surface area contributed by atoms with Crippen LogP contribution in [0.5, 0.6) is 0 Å². The molecule has 0 saturated carbocycles. The van der Waals surface area contributed by atoms with Crippen molar-refractivity contribution in [3.63, 3.8) is 0 Å². The summed E-state index contributed by atoms with van der Waals surface area (Å²) in [6, 6.07) is 3.12.